The number of esters is 2. The molecule has 0 N–H and O–H groups in total. The van der Waals surface area contributed by atoms with Gasteiger partial charge >= 0.3 is 11.9 Å². The lowest BCUT2D eigenvalue weighted by Crippen LogP contribution is -2.38. The van der Waals surface area contributed by atoms with Crippen molar-refractivity contribution in [3.8, 4) is 0 Å². The van der Waals surface area contributed by atoms with Crippen LogP contribution in [0.5, 0.6) is 0 Å². The molecule has 19 heavy (non-hydrogen) atoms. The monoisotopic (exact) mass is 273 g/mol. The smallest absolute Gasteiger partial charge is 0.326 e. The highest BCUT2D eigenvalue weighted by Crippen LogP contribution is 2.07. The fourth-order valence-electron chi connectivity index (χ4n) is 1.35. The summed E-state index contributed by atoms with van der Waals surface area (Å²) in [7, 11) is 0. The molecular formula is C13H23NO5. The topological polar surface area (TPSA) is 72.9 Å². The predicted octanol–water partition coefficient (Wildman–Crippen LogP) is 1.13. The molecule has 0 saturated carbocycles. The first kappa shape index (κ1) is 17.4. The molecule has 0 unspecified atom stereocenters. The normalized spacial score (nSPS) is 10.8. The Morgan fingerprint density at radius 2 is 1.68 bits per heavy atom. The maximum atomic E-state index is 11.6. The molecule has 0 spiro atoms. The van der Waals surface area contributed by atoms with E-state index in [0.29, 0.717) is 13.0 Å². The van der Waals surface area contributed by atoms with Gasteiger partial charge in [-0.2, -0.15) is 0 Å². The third-order valence-electron chi connectivity index (χ3n) is 2.06. The summed E-state index contributed by atoms with van der Waals surface area (Å²) in [4.78, 5) is 34.9. The zero-order valence-corrected chi connectivity index (χ0v) is 12.3. The summed E-state index contributed by atoms with van der Waals surface area (Å²) >= 11 is 0. The number of nitrogens with zero attached hydrogens (tertiary/aromatic N) is 1. The third kappa shape index (κ3) is 10.1. The molecule has 1 amide bonds. The molecule has 0 saturated heterocycles. The average molecular weight is 273 g/mol. The second kappa shape index (κ2) is 7.76. The standard InChI is InChI=1S/C13H23NO5/c1-10(15)14(7-6-8-18-11(2)16)9-12(17)19-13(3,4)5/h6-9H2,1-5H3. The van der Waals surface area contributed by atoms with E-state index in [2.05, 4.69) is 0 Å². The van der Waals surface area contributed by atoms with Gasteiger partial charge in [0.15, 0.2) is 0 Å². The highest BCUT2D eigenvalue weighted by atomic mass is 16.6. The average Bonchev–Trinajstić information content (AvgIpc) is 2.19. The van der Waals surface area contributed by atoms with Crippen molar-refractivity contribution in [3.63, 3.8) is 0 Å². The summed E-state index contributed by atoms with van der Waals surface area (Å²) in [5.41, 5.74) is -0.572. The van der Waals surface area contributed by atoms with Crippen molar-refractivity contribution in [2.75, 3.05) is 19.7 Å². The van der Waals surface area contributed by atoms with Crippen molar-refractivity contribution in [3.05, 3.63) is 0 Å². The number of carbonyl (C=O) groups excluding carboxylic acids is 3. The number of hydrogen-bond acceptors (Lipinski definition) is 5. The molecule has 0 radical (unpaired) electrons. The van der Waals surface area contributed by atoms with Gasteiger partial charge in [0, 0.05) is 20.4 Å². The predicted molar refractivity (Wildman–Crippen MR) is 69.3 cm³/mol. The Labute approximate surface area is 114 Å². The van der Waals surface area contributed by atoms with E-state index in [1.54, 1.807) is 20.8 Å². The Kier molecular flexibility index (Phi) is 7.11. The van der Waals surface area contributed by atoms with Crippen molar-refractivity contribution in [1.82, 2.24) is 4.90 Å². The number of carbonyl (C=O) groups is 3. The Morgan fingerprint density at radius 1 is 1.11 bits per heavy atom. The largest absolute Gasteiger partial charge is 0.466 e. The van der Waals surface area contributed by atoms with Crippen molar-refractivity contribution >= 4 is 17.8 Å². The van der Waals surface area contributed by atoms with Crippen LogP contribution in [0.3, 0.4) is 0 Å². The minimum absolute atomic E-state index is 0.0906. The van der Waals surface area contributed by atoms with E-state index < -0.39 is 11.6 Å². The lowest BCUT2D eigenvalue weighted by Gasteiger charge is -2.24. The Hall–Kier alpha value is -1.59. The molecule has 0 aromatic rings. The van der Waals surface area contributed by atoms with E-state index in [0.717, 1.165) is 0 Å². The van der Waals surface area contributed by atoms with Crippen LogP contribution in [-0.4, -0.2) is 48.0 Å². The van der Waals surface area contributed by atoms with Gasteiger partial charge in [0.1, 0.15) is 12.1 Å². The molecule has 0 aromatic carbocycles. The molecule has 0 atom stereocenters. The van der Waals surface area contributed by atoms with Crippen LogP contribution in [0.25, 0.3) is 0 Å². The zero-order valence-electron chi connectivity index (χ0n) is 12.3. The van der Waals surface area contributed by atoms with Crippen LogP contribution in [0.2, 0.25) is 0 Å². The summed E-state index contributed by atoms with van der Waals surface area (Å²) in [6.07, 6.45) is 0.488. The van der Waals surface area contributed by atoms with Gasteiger partial charge in [-0.1, -0.05) is 0 Å². The molecule has 0 heterocycles. The van der Waals surface area contributed by atoms with E-state index in [-0.39, 0.29) is 25.0 Å². The molecule has 0 aromatic heterocycles. The van der Waals surface area contributed by atoms with Crippen LogP contribution >= 0.6 is 0 Å². The molecule has 0 aliphatic heterocycles. The number of rotatable bonds is 6. The summed E-state index contributed by atoms with van der Waals surface area (Å²) in [6.45, 7) is 8.50. The minimum atomic E-state index is -0.572. The van der Waals surface area contributed by atoms with Crippen LogP contribution in [0.1, 0.15) is 41.0 Å². The maximum absolute atomic E-state index is 11.6. The Balaban J connectivity index is 4.16. The highest BCUT2D eigenvalue weighted by molar-refractivity contribution is 5.80. The molecule has 0 bridgehead atoms. The van der Waals surface area contributed by atoms with Gasteiger partial charge in [0.05, 0.1) is 6.61 Å². The van der Waals surface area contributed by atoms with Crippen molar-refractivity contribution in [1.29, 1.82) is 0 Å². The Bertz CT molecular complexity index is 332. The lowest BCUT2D eigenvalue weighted by molar-refractivity contribution is -0.158. The first-order chi connectivity index (χ1) is 8.61. The molecule has 110 valence electrons. The first-order valence-corrected chi connectivity index (χ1v) is 6.22. The minimum Gasteiger partial charge on any atom is -0.466 e. The van der Waals surface area contributed by atoms with Gasteiger partial charge in [-0.15, -0.1) is 0 Å². The van der Waals surface area contributed by atoms with Gasteiger partial charge in [-0.05, 0) is 27.2 Å². The lowest BCUT2D eigenvalue weighted by atomic mass is 10.2. The van der Waals surface area contributed by atoms with Crippen molar-refractivity contribution in [2.45, 2.75) is 46.6 Å². The molecule has 0 fully saturated rings. The first-order valence-electron chi connectivity index (χ1n) is 6.22. The van der Waals surface area contributed by atoms with Gasteiger partial charge in [0.2, 0.25) is 5.91 Å². The molecule has 6 nitrogen and oxygen atoms in total. The summed E-state index contributed by atoms with van der Waals surface area (Å²) in [5, 5.41) is 0. The summed E-state index contributed by atoms with van der Waals surface area (Å²) in [5.74, 6) is -1.02. The number of amides is 1. The van der Waals surface area contributed by atoms with Crippen LogP contribution in [0, 0.1) is 0 Å². The fourth-order valence-corrected chi connectivity index (χ4v) is 1.35. The van der Waals surface area contributed by atoms with E-state index in [9.17, 15) is 14.4 Å². The van der Waals surface area contributed by atoms with E-state index in [1.165, 1.54) is 18.7 Å². The molecule has 6 heteroatoms. The second-order valence-corrected chi connectivity index (χ2v) is 5.22. The maximum Gasteiger partial charge on any atom is 0.326 e. The highest BCUT2D eigenvalue weighted by Gasteiger charge is 2.20. The van der Waals surface area contributed by atoms with Gasteiger partial charge in [0.25, 0.3) is 0 Å². The van der Waals surface area contributed by atoms with Crippen LogP contribution in [0.4, 0.5) is 0 Å². The second-order valence-electron chi connectivity index (χ2n) is 5.22. The van der Waals surface area contributed by atoms with Gasteiger partial charge in [-0.25, -0.2) is 0 Å². The van der Waals surface area contributed by atoms with Gasteiger partial charge in [-0.3, -0.25) is 14.4 Å². The molecule has 0 aliphatic rings. The van der Waals surface area contributed by atoms with Crippen molar-refractivity contribution < 1.29 is 23.9 Å². The van der Waals surface area contributed by atoms with E-state index in [4.69, 9.17) is 9.47 Å². The molecular weight excluding hydrogens is 250 g/mol. The van der Waals surface area contributed by atoms with Crippen LogP contribution < -0.4 is 0 Å². The van der Waals surface area contributed by atoms with Gasteiger partial charge < -0.3 is 14.4 Å². The van der Waals surface area contributed by atoms with E-state index in [1.807, 2.05) is 0 Å². The summed E-state index contributed by atoms with van der Waals surface area (Å²) in [6, 6.07) is 0. The molecule has 0 aliphatic carbocycles. The van der Waals surface area contributed by atoms with E-state index >= 15 is 0 Å². The Morgan fingerprint density at radius 3 is 2.11 bits per heavy atom. The SMILES string of the molecule is CC(=O)OCCCN(CC(=O)OC(C)(C)C)C(C)=O. The summed E-state index contributed by atoms with van der Waals surface area (Å²) < 4.78 is 9.91. The molecule has 0 rings (SSSR count). The number of hydrogen-bond donors (Lipinski definition) is 0. The van der Waals surface area contributed by atoms with Crippen LogP contribution in [-0.2, 0) is 23.9 Å². The zero-order chi connectivity index (χ0) is 15.1. The third-order valence-corrected chi connectivity index (χ3v) is 2.06. The van der Waals surface area contributed by atoms with Crippen molar-refractivity contribution in [2.24, 2.45) is 0 Å². The van der Waals surface area contributed by atoms with Crippen LogP contribution in [0.15, 0.2) is 0 Å². The quantitative estimate of drug-likeness (QED) is 0.536. The number of ether oxygens (including phenoxy) is 2. The fraction of sp³-hybridized carbons (Fsp3) is 0.769.